The van der Waals surface area contributed by atoms with Crippen LogP contribution in [0.25, 0.3) is 5.65 Å². The maximum atomic E-state index is 12.5. The number of nitrogens with zero attached hydrogens (tertiary/aromatic N) is 3. The second-order valence-electron chi connectivity index (χ2n) is 4.88. The zero-order valence-electron chi connectivity index (χ0n) is 11.9. The number of hydrogen-bond acceptors (Lipinski definition) is 3. The van der Waals surface area contributed by atoms with Crippen molar-refractivity contribution in [3.8, 4) is 0 Å². The normalized spacial score (nSPS) is 11.7. The molecular formula is C15H11F3N4O. The molecule has 1 amide bonds. The molecule has 0 aliphatic rings. The summed E-state index contributed by atoms with van der Waals surface area (Å²) < 4.78 is 39.0. The molecule has 0 atom stereocenters. The van der Waals surface area contributed by atoms with Crippen LogP contribution >= 0.6 is 0 Å². The van der Waals surface area contributed by atoms with Crippen LogP contribution in [0.2, 0.25) is 0 Å². The Hall–Kier alpha value is -2.90. The van der Waals surface area contributed by atoms with E-state index in [0.717, 1.165) is 12.1 Å². The number of anilines is 1. The number of aromatic nitrogens is 3. The number of nitrogens with one attached hydrogen (secondary N) is 1. The quantitative estimate of drug-likeness (QED) is 0.788. The Balaban J connectivity index is 1.88. The number of halogens is 3. The minimum absolute atomic E-state index is 0.262. The van der Waals surface area contributed by atoms with Gasteiger partial charge in [0.05, 0.1) is 11.3 Å². The predicted molar refractivity (Wildman–Crippen MR) is 77.1 cm³/mol. The molecule has 2 heterocycles. The lowest BCUT2D eigenvalue weighted by atomic mass is 10.2. The number of rotatable bonds is 2. The van der Waals surface area contributed by atoms with Gasteiger partial charge in [-0.25, -0.2) is 9.50 Å². The van der Waals surface area contributed by atoms with Gasteiger partial charge in [0.1, 0.15) is 5.56 Å². The Morgan fingerprint density at radius 2 is 1.91 bits per heavy atom. The Labute approximate surface area is 128 Å². The van der Waals surface area contributed by atoms with E-state index in [4.69, 9.17) is 0 Å². The van der Waals surface area contributed by atoms with Gasteiger partial charge in [-0.2, -0.15) is 18.3 Å². The molecule has 0 aliphatic heterocycles. The van der Waals surface area contributed by atoms with E-state index >= 15 is 0 Å². The topological polar surface area (TPSA) is 59.3 Å². The van der Waals surface area contributed by atoms with E-state index in [9.17, 15) is 18.0 Å². The molecule has 0 unspecified atom stereocenters. The van der Waals surface area contributed by atoms with E-state index in [-0.39, 0.29) is 11.3 Å². The molecule has 0 saturated heterocycles. The van der Waals surface area contributed by atoms with E-state index in [1.807, 2.05) is 0 Å². The molecule has 5 nitrogen and oxygen atoms in total. The van der Waals surface area contributed by atoms with Crippen molar-refractivity contribution in [2.45, 2.75) is 13.1 Å². The highest BCUT2D eigenvalue weighted by Crippen LogP contribution is 2.30. The lowest BCUT2D eigenvalue weighted by Gasteiger charge is -2.08. The summed E-state index contributed by atoms with van der Waals surface area (Å²) in [6, 6.07) is 5.91. The van der Waals surface area contributed by atoms with E-state index in [0.29, 0.717) is 11.3 Å². The van der Waals surface area contributed by atoms with E-state index in [1.54, 1.807) is 19.2 Å². The van der Waals surface area contributed by atoms with E-state index in [1.165, 1.54) is 22.8 Å². The Morgan fingerprint density at radius 3 is 2.57 bits per heavy atom. The number of aryl methyl sites for hydroxylation is 1. The highest BCUT2D eigenvalue weighted by atomic mass is 19.4. The molecule has 0 aliphatic carbocycles. The molecule has 2 aromatic heterocycles. The summed E-state index contributed by atoms with van der Waals surface area (Å²) in [6.45, 7) is 1.66. The van der Waals surface area contributed by atoms with Gasteiger partial charge in [-0.15, -0.1) is 0 Å². The standard InChI is InChI=1S/C15H11F3N4O/c1-9-12(13-19-7-2-8-22(13)21-9)14(23)20-11-5-3-10(4-6-11)15(16,17)18/h2-8H,1H3,(H,20,23). The highest BCUT2D eigenvalue weighted by Gasteiger charge is 2.30. The summed E-state index contributed by atoms with van der Waals surface area (Å²) in [5, 5.41) is 6.72. The third-order valence-corrected chi connectivity index (χ3v) is 3.27. The smallest absolute Gasteiger partial charge is 0.322 e. The molecule has 1 aromatic carbocycles. The Kier molecular flexibility index (Phi) is 3.51. The van der Waals surface area contributed by atoms with Gasteiger partial charge in [-0.1, -0.05) is 0 Å². The molecule has 8 heteroatoms. The fourth-order valence-electron chi connectivity index (χ4n) is 2.20. The summed E-state index contributed by atoms with van der Waals surface area (Å²) in [5.41, 5.74) is 0.634. The second kappa shape index (κ2) is 5.38. The van der Waals surface area contributed by atoms with Crippen molar-refractivity contribution in [1.29, 1.82) is 0 Å². The fourth-order valence-corrected chi connectivity index (χ4v) is 2.20. The van der Waals surface area contributed by atoms with Crippen LogP contribution in [0.15, 0.2) is 42.7 Å². The van der Waals surface area contributed by atoms with Crippen LogP contribution in [0.1, 0.15) is 21.6 Å². The van der Waals surface area contributed by atoms with Gasteiger partial charge in [0.15, 0.2) is 5.65 Å². The highest BCUT2D eigenvalue weighted by molar-refractivity contribution is 6.09. The molecule has 0 fully saturated rings. The van der Waals surface area contributed by atoms with Crippen molar-refractivity contribution < 1.29 is 18.0 Å². The molecule has 3 rings (SSSR count). The average molecular weight is 320 g/mol. The first kappa shape index (κ1) is 15.0. The Bertz CT molecular complexity index is 869. The number of alkyl halides is 3. The zero-order valence-corrected chi connectivity index (χ0v) is 11.9. The lowest BCUT2D eigenvalue weighted by Crippen LogP contribution is -2.13. The molecule has 23 heavy (non-hydrogen) atoms. The van der Waals surface area contributed by atoms with E-state index in [2.05, 4.69) is 15.4 Å². The minimum atomic E-state index is -4.41. The molecule has 0 radical (unpaired) electrons. The first-order valence-electron chi connectivity index (χ1n) is 6.65. The molecule has 3 aromatic rings. The summed E-state index contributed by atoms with van der Waals surface area (Å²) in [4.78, 5) is 16.5. The van der Waals surface area contributed by atoms with Crippen LogP contribution in [-0.2, 0) is 6.18 Å². The number of carbonyl (C=O) groups is 1. The van der Waals surface area contributed by atoms with Crippen LogP contribution < -0.4 is 5.32 Å². The molecule has 0 spiro atoms. The zero-order chi connectivity index (χ0) is 16.6. The fraction of sp³-hybridized carbons (Fsp3) is 0.133. The van der Waals surface area contributed by atoms with Crippen molar-refractivity contribution in [1.82, 2.24) is 14.6 Å². The van der Waals surface area contributed by atoms with Crippen LogP contribution in [0, 0.1) is 6.92 Å². The second-order valence-corrected chi connectivity index (χ2v) is 4.88. The van der Waals surface area contributed by atoms with Crippen molar-refractivity contribution in [3.05, 3.63) is 59.5 Å². The number of benzene rings is 1. The first-order valence-corrected chi connectivity index (χ1v) is 6.65. The van der Waals surface area contributed by atoms with E-state index < -0.39 is 17.6 Å². The van der Waals surface area contributed by atoms with Crippen LogP contribution in [-0.4, -0.2) is 20.5 Å². The average Bonchev–Trinajstić information content (AvgIpc) is 2.82. The number of fused-ring (bicyclic) bond motifs is 1. The summed E-state index contributed by atoms with van der Waals surface area (Å²) in [6.07, 6.45) is -1.22. The molecule has 118 valence electrons. The molecule has 0 saturated carbocycles. The lowest BCUT2D eigenvalue weighted by molar-refractivity contribution is -0.137. The van der Waals surface area contributed by atoms with Crippen LogP contribution in [0.5, 0.6) is 0 Å². The van der Waals surface area contributed by atoms with Gasteiger partial charge in [0.2, 0.25) is 0 Å². The number of carbonyl (C=O) groups excluding carboxylic acids is 1. The van der Waals surface area contributed by atoms with Crippen molar-refractivity contribution in [2.24, 2.45) is 0 Å². The van der Waals surface area contributed by atoms with Gasteiger partial charge < -0.3 is 5.32 Å². The first-order chi connectivity index (χ1) is 10.9. The third-order valence-electron chi connectivity index (χ3n) is 3.27. The summed E-state index contributed by atoms with van der Waals surface area (Å²) in [5.74, 6) is -0.476. The van der Waals surface area contributed by atoms with Gasteiger partial charge >= 0.3 is 6.18 Å². The Morgan fingerprint density at radius 1 is 1.22 bits per heavy atom. The number of hydrogen-bond donors (Lipinski definition) is 1. The molecule has 0 bridgehead atoms. The van der Waals surface area contributed by atoms with Gasteiger partial charge in [-0.3, -0.25) is 4.79 Å². The SMILES string of the molecule is Cc1nn2cccnc2c1C(=O)Nc1ccc(C(F)(F)F)cc1. The summed E-state index contributed by atoms with van der Waals surface area (Å²) in [7, 11) is 0. The maximum Gasteiger partial charge on any atom is 0.416 e. The number of amides is 1. The van der Waals surface area contributed by atoms with Gasteiger partial charge in [0.25, 0.3) is 5.91 Å². The van der Waals surface area contributed by atoms with Crippen molar-refractivity contribution in [3.63, 3.8) is 0 Å². The van der Waals surface area contributed by atoms with Gasteiger partial charge in [-0.05, 0) is 37.3 Å². The van der Waals surface area contributed by atoms with Crippen molar-refractivity contribution in [2.75, 3.05) is 5.32 Å². The largest absolute Gasteiger partial charge is 0.416 e. The molecular weight excluding hydrogens is 309 g/mol. The van der Waals surface area contributed by atoms with Gasteiger partial charge in [0, 0.05) is 18.1 Å². The van der Waals surface area contributed by atoms with Crippen LogP contribution in [0.3, 0.4) is 0 Å². The third kappa shape index (κ3) is 2.87. The molecule has 1 N–H and O–H groups in total. The minimum Gasteiger partial charge on any atom is -0.322 e. The summed E-state index contributed by atoms with van der Waals surface area (Å²) >= 11 is 0. The monoisotopic (exact) mass is 320 g/mol. The predicted octanol–water partition coefficient (Wildman–Crippen LogP) is 3.31. The maximum absolute atomic E-state index is 12.5. The van der Waals surface area contributed by atoms with Crippen molar-refractivity contribution >= 4 is 17.2 Å². The van der Waals surface area contributed by atoms with Crippen LogP contribution in [0.4, 0.5) is 18.9 Å².